The summed E-state index contributed by atoms with van der Waals surface area (Å²) in [7, 11) is 0. The number of aliphatic hydroxyl groups excluding tert-OH is 1. The molecule has 2 atom stereocenters. The number of fused-ring (bicyclic) bond motifs is 1. The lowest BCUT2D eigenvalue weighted by Crippen LogP contribution is -2.56. The molecule has 3 rings (SSSR count). The Morgan fingerprint density at radius 3 is 2.79 bits per heavy atom. The van der Waals surface area contributed by atoms with Crippen molar-refractivity contribution in [2.75, 3.05) is 11.1 Å². The number of nitrogens with one attached hydrogen (secondary N) is 1. The Bertz CT molecular complexity index is 624. The predicted molar refractivity (Wildman–Crippen MR) is 78.0 cm³/mol. The first-order valence-electron chi connectivity index (χ1n) is 6.57. The van der Waals surface area contributed by atoms with Crippen LogP contribution in [-0.2, 0) is 0 Å². The van der Waals surface area contributed by atoms with Crippen molar-refractivity contribution in [3.8, 4) is 0 Å². The summed E-state index contributed by atoms with van der Waals surface area (Å²) in [5.74, 6) is 0. The Kier molecular flexibility index (Phi) is 2.64. The Balaban J connectivity index is 1.97. The zero-order valence-electron chi connectivity index (χ0n) is 11.2. The molecule has 0 radical (unpaired) electrons. The second-order valence-corrected chi connectivity index (χ2v) is 5.89. The lowest BCUT2D eigenvalue weighted by Gasteiger charge is -2.50. The van der Waals surface area contributed by atoms with Gasteiger partial charge in [0.2, 0.25) is 0 Å². The molecular weight excluding hydrogens is 238 g/mol. The van der Waals surface area contributed by atoms with Crippen LogP contribution in [0.4, 0.5) is 11.4 Å². The summed E-state index contributed by atoms with van der Waals surface area (Å²) in [6, 6.07) is 6.10. The maximum absolute atomic E-state index is 9.81. The number of pyridine rings is 1. The van der Waals surface area contributed by atoms with E-state index in [2.05, 4.69) is 24.1 Å². The van der Waals surface area contributed by atoms with E-state index < -0.39 is 0 Å². The molecule has 100 valence electrons. The third kappa shape index (κ3) is 1.83. The predicted octanol–water partition coefficient (Wildman–Crippen LogP) is 2.39. The first kappa shape index (κ1) is 12.2. The minimum absolute atomic E-state index is 0.101. The molecular formula is C15H19N3O. The molecule has 0 saturated heterocycles. The van der Waals surface area contributed by atoms with E-state index in [-0.39, 0.29) is 17.6 Å². The molecule has 19 heavy (non-hydrogen) atoms. The zero-order valence-corrected chi connectivity index (χ0v) is 11.2. The van der Waals surface area contributed by atoms with Gasteiger partial charge in [-0.3, -0.25) is 4.98 Å². The maximum atomic E-state index is 9.81. The summed E-state index contributed by atoms with van der Waals surface area (Å²) < 4.78 is 0. The number of nitrogens with zero attached hydrogens (tertiary/aromatic N) is 1. The normalized spacial score (nSPS) is 25.0. The van der Waals surface area contributed by atoms with Crippen LogP contribution >= 0.6 is 0 Å². The lowest BCUT2D eigenvalue weighted by atomic mass is 9.64. The molecule has 0 aliphatic heterocycles. The van der Waals surface area contributed by atoms with E-state index in [1.807, 2.05) is 24.4 Å². The molecule has 1 aliphatic rings. The fraction of sp³-hybridized carbons (Fsp3) is 0.400. The van der Waals surface area contributed by atoms with Gasteiger partial charge in [0.05, 0.1) is 6.10 Å². The lowest BCUT2D eigenvalue weighted by molar-refractivity contribution is -0.0510. The molecule has 1 heterocycles. The number of hydrogen-bond acceptors (Lipinski definition) is 4. The molecule has 2 unspecified atom stereocenters. The Morgan fingerprint density at radius 2 is 2.11 bits per heavy atom. The van der Waals surface area contributed by atoms with E-state index in [1.165, 1.54) is 0 Å². The highest BCUT2D eigenvalue weighted by Gasteiger charge is 2.47. The molecule has 1 saturated carbocycles. The van der Waals surface area contributed by atoms with Crippen LogP contribution < -0.4 is 11.1 Å². The molecule has 1 aliphatic carbocycles. The zero-order chi connectivity index (χ0) is 13.6. The van der Waals surface area contributed by atoms with Crippen LogP contribution in [0.25, 0.3) is 10.8 Å². The quantitative estimate of drug-likeness (QED) is 0.722. The van der Waals surface area contributed by atoms with Crippen molar-refractivity contribution in [3.05, 3.63) is 30.6 Å². The highest BCUT2D eigenvalue weighted by molar-refractivity contribution is 6.00. The van der Waals surface area contributed by atoms with Gasteiger partial charge in [0.15, 0.2) is 0 Å². The van der Waals surface area contributed by atoms with Gasteiger partial charge in [-0.05, 0) is 24.6 Å². The number of aromatic nitrogens is 1. The molecule has 4 nitrogen and oxygen atoms in total. The van der Waals surface area contributed by atoms with Crippen LogP contribution in [0.5, 0.6) is 0 Å². The van der Waals surface area contributed by atoms with E-state index in [9.17, 15) is 5.11 Å². The monoisotopic (exact) mass is 257 g/mol. The minimum atomic E-state index is -0.233. The molecule has 1 fully saturated rings. The van der Waals surface area contributed by atoms with Crippen molar-refractivity contribution in [2.24, 2.45) is 5.41 Å². The van der Waals surface area contributed by atoms with Gasteiger partial charge < -0.3 is 16.2 Å². The van der Waals surface area contributed by atoms with Crippen molar-refractivity contribution >= 4 is 22.1 Å². The smallest absolute Gasteiger partial charge is 0.0630 e. The third-order valence-corrected chi connectivity index (χ3v) is 4.40. The number of nitrogen functional groups attached to an aromatic ring is 1. The minimum Gasteiger partial charge on any atom is -0.398 e. The Morgan fingerprint density at radius 1 is 1.32 bits per heavy atom. The molecule has 4 N–H and O–H groups in total. The average molecular weight is 257 g/mol. The summed E-state index contributed by atoms with van der Waals surface area (Å²) in [5.41, 5.74) is 7.67. The van der Waals surface area contributed by atoms with Crippen LogP contribution in [0.3, 0.4) is 0 Å². The molecule has 4 heteroatoms. The van der Waals surface area contributed by atoms with Crippen molar-refractivity contribution in [1.29, 1.82) is 0 Å². The van der Waals surface area contributed by atoms with E-state index in [0.29, 0.717) is 0 Å². The first-order chi connectivity index (χ1) is 9.00. The first-order valence-corrected chi connectivity index (χ1v) is 6.57. The number of hydrogen-bond donors (Lipinski definition) is 3. The van der Waals surface area contributed by atoms with Crippen LogP contribution in [-0.4, -0.2) is 22.2 Å². The van der Waals surface area contributed by atoms with Gasteiger partial charge >= 0.3 is 0 Å². The topological polar surface area (TPSA) is 71.2 Å². The summed E-state index contributed by atoms with van der Waals surface area (Å²) in [6.07, 6.45) is 4.12. The standard InChI is InChI=1S/C15H19N3O/c1-15(2)13(7-14(15)19)18-12-4-3-11(16)9-5-6-17-8-10(9)12/h3-6,8,13-14,18-19H,7,16H2,1-2H3. The van der Waals surface area contributed by atoms with Crippen LogP contribution in [0.2, 0.25) is 0 Å². The van der Waals surface area contributed by atoms with Crippen molar-refractivity contribution < 1.29 is 5.11 Å². The molecule has 0 amide bonds. The average Bonchev–Trinajstić information content (AvgIpc) is 2.41. The fourth-order valence-electron chi connectivity index (χ4n) is 2.67. The van der Waals surface area contributed by atoms with Gasteiger partial charge in [0.25, 0.3) is 0 Å². The second-order valence-electron chi connectivity index (χ2n) is 5.89. The van der Waals surface area contributed by atoms with Crippen LogP contribution in [0.1, 0.15) is 20.3 Å². The van der Waals surface area contributed by atoms with Gasteiger partial charge in [0, 0.05) is 46.0 Å². The maximum Gasteiger partial charge on any atom is 0.0630 e. The Hall–Kier alpha value is -1.81. The highest BCUT2D eigenvalue weighted by atomic mass is 16.3. The highest BCUT2D eigenvalue weighted by Crippen LogP contribution is 2.43. The summed E-state index contributed by atoms with van der Waals surface area (Å²) >= 11 is 0. The molecule has 0 spiro atoms. The SMILES string of the molecule is CC1(C)C(O)CC1Nc1ccc(N)c2ccncc12. The Labute approximate surface area is 112 Å². The number of aliphatic hydroxyl groups is 1. The van der Waals surface area contributed by atoms with Gasteiger partial charge in [-0.1, -0.05) is 13.8 Å². The number of nitrogens with two attached hydrogens (primary N) is 1. The number of anilines is 2. The number of benzene rings is 1. The van der Waals surface area contributed by atoms with Gasteiger partial charge in [-0.2, -0.15) is 0 Å². The van der Waals surface area contributed by atoms with Crippen LogP contribution in [0, 0.1) is 5.41 Å². The van der Waals surface area contributed by atoms with Gasteiger partial charge in [-0.15, -0.1) is 0 Å². The largest absolute Gasteiger partial charge is 0.398 e. The molecule has 0 bridgehead atoms. The number of rotatable bonds is 2. The molecule has 1 aromatic carbocycles. The van der Waals surface area contributed by atoms with Gasteiger partial charge in [-0.25, -0.2) is 0 Å². The van der Waals surface area contributed by atoms with Crippen molar-refractivity contribution in [3.63, 3.8) is 0 Å². The second kappa shape index (κ2) is 4.10. The van der Waals surface area contributed by atoms with Crippen LogP contribution in [0.15, 0.2) is 30.6 Å². The van der Waals surface area contributed by atoms with E-state index in [0.717, 1.165) is 28.6 Å². The fourth-order valence-corrected chi connectivity index (χ4v) is 2.67. The van der Waals surface area contributed by atoms with E-state index >= 15 is 0 Å². The van der Waals surface area contributed by atoms with Gasteiger partial charge in [0.1, 0.15) is 0 Å². The van der Waals surface area contributed by atoms with E-state index in [4.69, 9.17) is 5.73 Å². The van der Waals surface area contributed by atoms with E-state index in [1.54, 1.807) is 6.20 Å². The summed E-state index contributed by atoms with van der Waals surface area (Å²) in [6.45, 7) is 4.16. The summed E-state index contributed by atoms with van der Waals surface area (Å²) in [5, 5.41) is 15.4. The van der Waals surface area contributed by atoms with Crippen molar-refractivity contribution in [2.45, 2.75) is 32.4 Å². The molecule has 2 aromatic rings. The summed E-state index contributed by atoms with van der Waals surface area (Å²) in [4.78, 5) is 4.17. The molecule has 1 aromatic heterocycles. The third-order valence-electron chi connectivity index (χ3n) is 4.40. The van der Waals surface area contributed by atoms with Crippen molar-refractivity contribution in [1.82, 2.24) is 4.98 Å².